The lowest BCUT2D eigenvalue weighted by Crippen LogP contribution is -2.71. The van der Waals surface area contributed by atoms with Crippen molar-refractivity contribution in [2.45, 2.75) is 42.1 Å². The molecule has 2 unspecified atom stereocenters. The van der Waals surface area contributed by atoms with Gasteiger partial charge in [0.1, 0.15) is 17.1 Å². The summed E-state index contributed by atoms with van der Waals surface area (Å²) >= 11 is 2.04. The molecule has 0 spiro atoms. The number of carbonyl (C=O) groups is 3. The van der Waals surface area contributed by atoms with E-state index in [0.29, 0.717) is 13.0 Å². The molecule has 0 radical (unpaired) electrons. The van der Waals surface area contributed by atoms with Crippen molar-refractivity contribution in [2.24, 2.45) is 0 Å². The topological polar surface area (TPSA) is 187 Å². The smallest absolute Gasteiger partial charge is 0.352 e. The van der Waals surface area contributed by atoms with Gasteiger partial charge >= 0.3 is 5.97 Å². The Morgan fingerprint density at radius 2 is 2.16 bits per heavy atom. The first-order valence-electron chi connectivity index (χ1n) is 9.08. The highest BCUT2D eigenvalue weighted by Gasteiger charge is 2.57. The van der Waals surface area contributed by atoms with Crippen molar-refractivity contribution in [2.75, 3.05) is 18.1 Å². The molecule has 0 aromatic carbocycles. The van der Waals surface area contributed by atoms with Gasteiger partial charge in [0.15, 0.2) is 0 Å². The number of carboxylic acids is 1. The van der Waals surface area contributed by atoms with Crippen LogP contribution in [0.1, 0.15) is 20.3 Å². The Morgan fingerprint density at radius 1 is 1.45 bits per heavy atom. The molecule has 3 rings (SSSR count). The third-order valence-electron chi connectivity index (χ3n) is 4.70. The molecule has 0 saturated carbocycles. The van der Waals surface area contributed by atoms with E-state index in [4.69, 9.17) is 0 Å². The number of carboxylic acid groups (broad SMARTS) is 1. The summed E-state index contributed by atoms with van der Waals surface area (Å²) in [5, 5.41) is 21.3. The first kappa shape index (κ1) is 23.5. The summed E-state index contributed by atoms with van der Waals surface area (Å²) < 4.78 is 32.5. The number of H-pyrrole nitrogens is 1. The number of aromatic nitrogens is 4. The van der Waals surface area contributed by atoms with Crippen molar-refractivity contribution in [3.8, 4) is 0 Å². The third kappa shape index (κ3) is 4.86. The van der Waals surface area contributed by atoms with Crippen molar-refractivity contribution in [3.63, 3.8) is 0 Å². The maximum atomic E-state index is 12.9. The monoisotopic (exact) mass is 492 g/mol. The number of nitrogens with one attached hydrogen (secondary N) is 1. The maximum absolute atomic E-state index is 12.9. The minimum absolute atomic E-state index is 0.0523. The second kappa shape index (κ2) is 9.13. The van der Waals surface area contributed by atoms with Gasteiger partial charge in [0.2, 0.25) is 11.1 Å². The van der Waals surface area contributed by atoms with Crippen LogP contribution >= 0.6 is 23.5 Å². The number of rotatable bonds is 9. The largest absolute Gasteiger partial charge is 0.477 e. The lowest BCUT2D eigenvalue weighted by atomic mass is 10.00. The fourth-order valence-corrected chi connectivity index (χ4v) is 7.23. The quantitative estimate of drug-likeness (QED) is 0.227. The summed E-state index contributed by atoms with van der Waals surface area (Å²) in [7, 11) is -4.49. The summed E-state index contributed by atoms with van der Waals surface area (Å²) in [6.45, 7) is 3.57. The van der Waals surface area contributed by atoms with Crippen LogP contribution in [0.15, 0.2) is 16.4 Å². The van der Waals surface area contributed by atoms with Gasteiger partial charge in [0.25, 0.3) is 16.0 Å². The van der Waals surface area contributed by atoms with Crippen LogP contribution in [0.4, 0.5) is 0 Å². The lowest BCUT2D eigenvalue weighted by Gasteiger charge is -2.53. The molecule has 3 atom stereocenters. The Hall–Kier alpha value is -2.17. The number of fused-ring (bicyclic) bond motifs is 1. The van der Waals surface area contributed by atoms with Crippen LogP contribution in [0.5, 0.6) is 0 Å². The number of tetrazole rings is 1. The average Bonchev–Trinajstić information content (AvgIpc) is 3.17. The average molecular weight is 493 g/mol. The Labute approximate surface area is 185 Å². The number of amides is 2. The number of carbonyl (C=O) groups excluding carboxylic acids is 2. The van der Waals surface area contributed by atoms with E-state index in [1.807, 2.05) is 6.92 Å². The normalized spacial score (nSPS) is 22.0. The van der Waals surface area contributed by atoms with E-state index in [0.717, 1.165) is 16.7 Å². The fourth-order valence-electron chi connectivity index (χ4n) is 3.48. The number of β-lactam (4-membered cyclic amide) rings is 1. The van der Waals surface area contributed by atoms with Gasteiger partial charge in [-0.05, 0) is 17.2 Å². The summed E-state index contributed by atoms with van der Waals surface area (Å²) in [6.07, 6.45) is 0.630. The van der Waals surface area contributed by atoms with Gasteiger partial charge < -0.3 is 10.0 Å². The van der Waals surface area contributed by atoms with Crippen LogP contribution in [-0.2, 0) is 24.5 Å². The highest BCUT2D eigenvalue weighted by molar-refractivity contribution is 8.01. The van der Waals surface area contributed by atoms with Gasteiger partial charge in [0.05, 0.1) is 11.0 Å². The summed E-state index contributed by atoms with van der Waals surface area (Å²) in [6, 6.07) is -0.789. The third-order valence-corrected chi connectivity index (χ3v) is 8.07. The van der Waals surface area contributed by atoms with Gasteiger partial charge in [-0.3, -0.25) is 19.0 Å². The SMILES string of the molecule is CCCN(C(C)=O)C1C(=O)N2C(C(=O)O)=C(C(CS(=O)(=O)O)Sc3nn[nH]n3)CS[C@@H]12. The van der Waals surface area contributed by atoms with Gasteiger partial charge in [-0.2, -0.15) is 13.6 Å². The van der Waals surface area contributed by atoms with E-state index in [2.05, 4.69) is 20.6 Å². The molecular weight excluding hydrogens is 472 g/mol. The second-order valence-electron chi connectivity index (χ2n) is 6.80. The van der Waals surface area contributed by atoms with Crippen LogP contribution < -0.4 is 0 Å². The molecule has 2 amide bonds. The van der Waals surface area contributed by atoms with E-state index in [1.165, 1.54) is 23.6 Å². The van der Waals surface area contributed by atoms with Gasteiger partial charge in [-0.1, -0.05) is 18.7 Å². The number of nitrogens with zero attached hydrogens (tertiary/aromatic N) is 5. The summed E-state index contributed by atoms with van der Waals surface area (Å²) in [5.74, 6) is -2.97. The number of aliphatic carboxylic acids is 1. The van der Waals surface area contributed by atoms with Crippen LogP contribution in [0, 0.1) is 0 Å². The molecule has 1 fully saturated rings. The van der Waals surface area contributed by atoms with E-state index in [9.17, 15) is 32.5 Å². The Kier molecular flexibility index (Phi) is 6.92. The molecular formula is C15H20N6O7S3. The number of aromatic amines is 1. The van der Waals surface area contributed by atoms with Crippen molar-refractivity contribution < 1.29 is 32.5 Å². The zero-order chi connectivity index (χ0) is 22.9. The summed E-state index contributed by atoms with van der Waals surface area (Å²) in [4.78, 5) is 39.5. The van der Waals surface area contributed by atoms with E-state index >= 15 is 0 Å². The first-order chi connectivity index (χ1) is 14.5. The minimum Gasteiger partial charge on any atom is -0.477 e. The number of thioether (sulfide) groups is 2. The molecule has 1 aromatic rings. The van der Waals surface area contributed by atoms with Gasteiger partial charge in [0, 0.05) is 19.2 Å². The first-order valence-corrected chi connectivity index (χ1v) is 12.6. The minimum atomic E-state index is -4.49. The lowest BCUT2D eigenvalue weighted by molar-refractivity contribution is -0.159. The van der Waals surface area contributed by atoms with Gasteiger partial charge in [-0.25, -0.2) is 4.79 Å². The zero-order valence-electron chi connectivity index (χ0n) is 16.5. The predicted molar refractivity (Wildman–Crippen MR) is 109 cm³/mol. The van der Waals surface area contributed by atoms with Crippen molar-refractivity contribution in [1.29, 1.82) is 0 Å². The van der Waals surface area contributed by atoms with Crippen molar-refractivity contribution in [3.05, 3.63) is 11.3 Å². The van der Waals surface area contributed by atoms with E-state index in [1.54, 1.807) is 0 Å². The molecule has 1 aromatic heterocycles. The Bertz CT molecular complexity index is 1010. The highest BCUT2D eigenvalue weighted by atomic mass is 32.2. The van der Waals surface area contributed by atoms with Crippen LogP contribution in [0.3, 0.4) is 0 Å². The molecule has 1 saturated heterocycles. The molecule has 31 heavy (non-hydrogen) atoms. The molecule has 3 heterocycles. The predicted octanol–water partition coefficient (Wildman–Crippen LogP) is -0.571. The van der Waals surface area contributed by atoms with E-state index in [-0.39, 0.29) is 28.1 Å². The van der Waals surface area contributed by atoms with Crippen molar-refractivity contribution in [1.82, 2.24) is 30.4 Å². The van der Waals surface area contributed by atoms with Crippen LogP contribution in [0.2, 0.25) is 0 Å². The zero-order valence-corrected chi connectivity index (χ0v) is 18.9. The Balaban J connectivity index is 1.98. The molecule has 2 aliphatic rings. The van der Waals surface area contributed by atoms with Crippen LogP contribution in [0.25, 0.3) is 0 Å². The molecule has 3 N–H and O–H groups in total. The molecule has 13 nitrogen and oxygen atoms in total. The van der Waals surface area contributed by atoms with E-state index < -0.39 is 44.4 Å². The summed E-state index contributed by atoms with van der Waals surface area (Å²) in [5.41, 5.74) is -0.215. The molecule has 0 bridgehead atoms. The maximum Gasteiger partial charge on any atom is 0.352 e. The number of hydrogen-bond acceptors (Lipinski definition) is 10. The fraction of sp³-hybridized carbons (Fsp3) is 0.600. The molecule has 2 aliphatic heterocycles. The Morgan fingerprint density at radius 3 is 2.68 bits per heavy atom. The standard InChI is InChI=1S/C15H20N6O7S3/c1-3-4-20(7(2)22)11-12(23)21-10(14(24)25)8(5-29-13(11)21)9(6-31(26,27)28)30-15-16-18-19-17-15/h9,11,13H,3-6H2,1-2H3,(H,24,25)(H,26,27,28)(H,16,17,18,19)/t9?,11?,13-/m0/s1. The number of hydrogen-bond donors (Lipinski definition) is 3. The molecule has 16 heteroatoms. The highest BCUT2D eigenvalue weighted by Crippen LogP contribution is 2.45. The van der Waals surface area contributed by atoms with Gasteiger partial charge in [-0.15, -0.1) is 22.0 Å². The van der Waals surface area contributed by atoms with Crippen LogP contribution in [-0.4, -0.2) is 101 Å². The molecule has 170 valence electrons. The second-order valence-corrected chi connectivity index (χ2v) is 10.6. The molecule has 0 aliphatic carbocycles. The van der Waals surface area contributed by atoms with Crippen molar-refractivity contribution >= 4 is 51.4 Å².